The Bertz CT molecular complexity index is 1640. The van der Waals surface area contributed by atoms with Crippen LogP contribution in [0, 0.1) is 23.3 Å². The van der Waals surface area contributed by atoms with Crippen LogP contribution in [0.1, 0.15) is 29.7 Å². The van der Waals surface area contributed by atoms with Gasteiger partial charge < -0.3 is 19.8 Å². The summed E-state index contributed by atoms with van der Waals surface area (Å²) in [6.45, 7) is 1.69. The number of carbonyl (C=O) groups is 1. The summed E-state index contributed by atoms with van der Waals surface area (Å²) < 4.78 is 64.4. The molecule has 0 radical (unpaired) electrons. The van der Waals surface area contributed by atoms with Crippen LogP contribution >= 0.6 is 0 Å². The SMILES string of the molecule is CC(c1cnc(-c2cc(Oc3c(F)cc4[nH]ccc4c3F)ccc2F)[nH]1)c1cccc(CC(=O)O)c1F. The number of ether oxygens (including phenoxy) is 1. The van der Waals surface area contributed by atoms with E-state index in [4.69, 9.17) is 9.84 Å². The Morgan fingerprint density at radius 1 is 1.05 bits per heavy atom. The number of halogens is 4. The molecule has 0 saturated heterocycles. The van der Waals surface area contributed by atoms with Gasteiger partial charge in [-0.05, 0) is 35.4 Å². The number of aliphatic carboxylic acids is 1. The van der Waals surface area contributed by atoms with Gasteiger partial charge in [0.2, 0.25) is 0 Å². The Labute approximate surface area is 207 Å². The summed E-state index contributed by atoms with van der Waals surface area (Å²) in [6, 6.07) is 10.6. The van der Waals surface area contributed by atoms with Gasteiger partial charge in [0.15, 0.2) is 17.4 Å². The number of imidazole rings is 1. The molecule has 37 heavy (non-hydrogen) atoms. The van der Waals surface area contributed by atoms with Crippen LogP contribution in [0.2, 0.25) is 0 Å². The first-order valence-electron chi connectivity index (χ1n) is 11.2. The predicted octanol–water partition coefficient (Wildman–Crippen LogP) is 6.69. The molecule has 0 aliphatic rings. The lowest BCUT2D eigenvalue weighted by molar-refractivity contribution is -0.136. The minimum Gasteiger partial charge on any atom is -0.481 e. The van der Waals surface area contributed by atoms with Crippen LogP contribution in [0.4, 0.5) is 17.6 Å². The maximum Gasteiger partial charge on any atom is 0.307 e. The zero-order valence-corrected chi connectivity index (χ0v) is 19.3. The van der Waals surface area contributed by atoms with Gasteiger partial charge in [-0.15, -0.1) is 0 Å². The molecule has 188 valence electrons. The van der Waals surface area contributed by atoms with Gasteiger partial charge in [-0.1, -0.05) is 25.1 Å². The van der Waals surface area contributed by atoms with Crippen molar-refractivity contribution in [1.82, 2.24) is 15.0 Å². The molecule has 1 atom stereocenters. The molecule has 5 aromatic rings. The van der Waals surface area contributed by atoms with Gasteiger partial charge in [0.05, 0.1) is 17.5 Å². The van der Waals surface area contributed by atoms with E-state index in [2.05, 4.69) is 15.0 Å². The maximum absolute atomic E-state index is 14.9. The van der Waals surface area contributed by atoms with E-state index in [1.54, 1.807) is 13.0 Å². The highest BCUT2D eigenvalue weighted by Gasteiger charge is 2.21. The summed E-state index contributed by atoms with van der Waals surface area (Å²) in [5, 5.41) is 9.15. The molecule has 0 saturated carbocycles. The van der Waals surface area contributed by atoms with Crippen molar-refractivity contribution in [2.45, 2.75) is 19.3 Å². The quantitative estimate of drug-likeness (QED) is 0.213. The third-order valence-electron chi connectivity index (χ3n) is 6.09. The third kappa shape index (κ3) is 4.53. The molecule has 0 aliphatic heterocycles. The average Bonchev–Trinajstić information content (AvgIpc) is 3.53. The topological polar surface area (TPSA) is 91.0 Å². The summed E-state index contributed by atoms with van der Waals surface area (Å²) in [7, 11) is 0. The lowest BCUT2D eigenvalue weighted by Gasteiger charge is -2.13. The standard InChI is InChI=1S/C27H19F4N3O3/c1-13(16-4-2-3-14(24(16)30)9-23(35)36)22-12-33-27(34-22)18-10-15(5-6-19(18)28)37-26-20(29)11-21-17(25(26)31)7-8-32-21/h2-8,10-13,32H,9H2,1H3,(H,33,34)(H,35,36). The zero-order valence-electron chi connectivity index (χ0n) is 19.3. The van der Waals surface area contributed by atoms with Crippen molar-refractivity contribution in [3.05, 3.63) is 101 Å². The Balaban J connectivity index is 1.45. The minimum absolute atomic E-state index is 0.0255. The number of rotatable bonds is 7. The van der Waals surface area contributed by atoms with Crippen LogP contribution in [0.15, 0.2) is 60.9 Å². The Morgan fingerprint density at radius 2 is 1.86 bits per heavy atom. The van der Waals surface area contributed by atoms with Crippen molar-refractivity contribution in [2.24, 2.45) is 0 Å². The lowest BCUT2D eigenvalue weighted by Crippen LogP contribution is -2.07. The second kappa shape index (κ2) is 9.45. The van der Waals surface area contributed by atoms with E-state index in [-0.39, 0.29) is 39.2 Å². The van der Waals surface area contributed by atoms with Crippen LogP contribution < -0.4 is 4.74 Å². The summed E-state index contributed by atoms with van der Waals surface area (Å²) in [4.78, 5) is 20.9. The van der Waals surface area contributed by atoms with Crippen LogP contribution in [0.25, 0.3) is 22.3 Å². The van der Waals surface area contributed by atoms with Gasteiger partial charge in [-0.2, -0.15) is 0 Å². The number of carboxylic acid groups (broad SMARTS) is 1. The number of nitrogens with zero attached hydrogens (tertiary/aromatic N) is 1. The molecule has 6 nitrogen and oxygen atoms in total. The highest BCUT2D eigenvalue weighted by atomic mass is 19.1. The molecule has 3 aromatic carbocycles. The largest absolute Gasteiger partial charge is 0.481 e. The Kier molecular flexibility index (Phi) is 6.16. The van der Waals surface area contributed by atoms with Gasteiger partial charge >= 0.3 is 5.97 Å². The Hall–Kier alpha value is -4.60. The fourth-order valence-corrected chi connectivity index (χ4v) is 4.17. The summed E-state index contributed by atoms with van der Waals surface area (Å²) in [5.41, 5.74) is 0.980. The maximum atomic E-state index is 14.9. The van der Waals surface area contributed by atoms with E-state index in [0.29, 0.717) is 5.69 Å². The molecule has 3 N–H and O–H groups in total. The van der Waals surface area contributed by atoms with E-state index < -0.39 is 47.3 Å². The molecular weight excluding hydrogens is 490 g/mol. The van der Waals surface area contributed by atoms with Crippen molar-refractivity contribution < 1.29 is 32.2 Å². The molecule has 0 spiro atoms. The zero-order chi connectivity index (χ0) is 26.3. The number of benzene rings is 3. The average molecular weight is 509 g/mol. The molecule has 5 rings (SSSR count). The van der Waals surface area contributed by atoms with Gasteiger partial charge in [-0.25, -0.2) is 22.5 Å². The molecule has 2 heterocycles. The molecule has 0 fully saturated rings. The van der Waals surface area contributed by atoms with E-state index in [0.717, 1.165) is 12.1 Å². The molecular formula is C27H19F4N3O3. The summed E-state index contributed by atoms with van der Waals surface area (Å²) in [5.74, 6) is -5.42. The molecule has 2 aromatic heterocycles. The molecule has 0 aliphatic carbocycles. The smallest absolute Gasteiger partial charge is 0.307 e. The molecule has 0 amide bonds. The van der Waals surface area contributed by atoms with E-state index >= 15 is 0 Å². The van der Waals surface area contributed by atoms with Crippen LogP contribution in [0.3, 0.4) is 0 Å². The van der Waals surface area contributed by atoms with Gasteiger partial charge in [0, 0.05) is 35.5 Å². The number of aromatic amines is 2. The number of hydrogen-bond acceptors (Lipinski definition) is 3. The fraction of sp³-hybridized carbons (Fsp3) is 0.111. The summed E-state index contributed by atoms with van der Waals surface area (Å²) in [6.07, 6.45) is 2.42. The van der Waals surface area contributed by atoms with Crippen molar-refractivity contribution in [3.63, 3.8) is 0 Å². The fourth-order valence-electron chi connectivity index (χ4n) is 4.17. The number of nitrogens with one attached hydrogen (secondary N) is 2. The van der Waals surface area contributed by atoms with Crippen molar-refractivity contribution >= 4 is 16.9 Å². The number of fused-ring (bicyclic) bond motifs is 1. The van der Waals surface area contributed by atoms with Crippen molar-refractivity contribution in [2.75, 3.05) is 0 Å². The number of H-pyrrole nitrogens is 2. The van der Waals surface area contributed by atoms with E-state index in [1.807, 2.05) is 0 Å². The van der Waals surface area contributed by atoms with Crippen molar-refractivity contribution in [3.8, 4) is 22.9 Å². The van der Waals surface area contributed by atoms with Crippen LogP contribution in [-0.2, 0) is 11.2 Å². The second-order valence-electron chi connectivity index (χ2n) is 8.48. The number of aromatic nitrogens is 3. The molecule has 1 unspecified atom stereocenters. The van der Waals surface area contributed by atoms with Gasteiger partial charge in [0.1, 0.15) is 23.2 Å². The first-order chi connectivity index (χ1) is 17.7. The van der Waals surface area contributed by atoms with Crippen molar-refractivity contribution in [1.29, 1.82) is 0 Å². The third-order valence-corrected chi connectivity index (χ3v) is 6.09. The number of carboxylic acids is 1. The molecule has 0 bridgehead atoms. The highest BCUT2D eigenvalue weighted by Crippen LogP contribution is 2.35. The van der Waals surface area contributed by atoms with Crippen LogP contribution in [-0.4, -0.2) is 26.0 Å². The van der Waals surface area contributed by atoms with E-state index in [1.165, 1.54) is 42.7 Å². The predicted molar refractivity (Wildman–Crippen MR) is 128 cm³/mol. The van der Waals surface area contributed by atoms with E-state index in [9.17, 15) is 22.4 Å². The first-order valence-corrected chi connectivity index (χ1v) is 11.2. The normalized spacial score (nSPS) is 12.1. The van der Waals surface area contributed by atoms with Gasteiger partial charge in [-0.3, -0.25) is 4.79 Å². The highest BCUT2D eigenvalue weighted by molar-refractivity contribution is 5.82. The Morgan fingerprint density at radius 3 is 2.65 bits per heavy atom. The minimum atomic E-state index is -1.15. The lowest BCUT2D eigenvalue weighted by atomic mass is 9.95. The van der Waals surface area contributed by atoms with Crippen LogP contribution in [0.5, 0.6) is 11.5 Å². The second-order valence-corrected chi connectivity index (χ2v) is 8.48. The summed E-state index contributed by atoms with van der Waals surface area (Å²) >= 11 is 0. The number of hydrogen-bond donors (Lipinski definition) is 3. The molecule has 10 heteroatoms. The van der Waals surface area contributed by atoms with Gasteiger partial charge in [0.25, 0.3) is 0 Å². The monoisotopic (exact) mass is 509 g/mol. The first kappa shape index (κ1) is 24.1.